The van der Waals surface area contributed by atoms with E-state index < -0.39 is 0 Å². The maximum atomic E-state index is 5.54. The van der Waals surface area contributed by atoms with Gasteiger partial charge in [0.05, 0.1) is 0 Å². The van der Waals surface area contributed by atoms with Crippen LogP contribution in [0, 0.1) is 0 Å². The third kappa shape index (κ3) is 2.28. The molecule has 2 aromatic rings. The number of aryl methyl sites for hydroxylation is 1. The number of nitrogens with one attached hydrogen (secondary N) is 1. The van der Waals surface area contributed by atoms with E-state index in [1.54, 1.807) is 0 Å². The van der Waals surface area contributed by atoms with Crippen LogP contribution in [0.2, 0.25) is 0 Å². The van der Waals surface area contributed by atoms with Crippen molar-refractivity contribution in [1.29, 1.82) is 0 Å². The Morgan fingerprint density at radius 2 is 2.25 bits per heavy atom. The summed E-state index contributed by atoms with van der Waals surface area (Å²) in [7, 11) is 0. The molecule has 4 heteroatoms. The van der Waals surface area contributed by atoms with Gasteiger partial charge in [-0.15, -0.1) is 0 Å². The monoisotopic (exact) mass is 216 g/mol. The second-order valence-corrected chi connectivity index (χ2v) is 3.70. The van der Waals surface area contributed by atoms with Gasteiger partial charge in [0, 0.05) is 12.0 Å². The van der Waals surface area contributed by atoms with Crippen molar-refractivity contribution in [2.75, 3.05) is 6.54 Å². The first kappa shape index (κ1) is 10.8. The van der Waals surface area contributed by atoms with Gasteiger partial charge in [0.1, 0.15) is 5.82 Å². The molecule has 1 aromatic heterocycles. The Labute approximate surface area is 94.9 Å². The van der Waals surface area contributed by atoms with Crippen molar-refractivity contribution in [1.82, 2.24) is 15.2 Å². The SMILES string of the molecule is CCc1nc(-c2cccc(CCN)c2)n[nH]1. The molecule has 0 fully saturated rings. The molecule has 1 aromatic carbocycles. The molecular weight excluding hydrogens is 200 g/mol. The smallest absolute Gasteiger partial charge is 0.181 e. The Bertz CT molecular complexity index is 462. The highest BCUT2D eigenvalue weighted by atomic mass is 15.2. The van der Waals surface area contributed by atoms with E-state index >= 15 is 0 Å². The second kappa shape index (κ2) is 4.90. The first-order chi connectivity index (χ1) is 7.83. The minimum absolute atomic E-state index is 0.664. The van der Waals surface area contributed by atoms with Crippen molar-refractivity contribution in [3.8, 4) is 11.4 Å². The maximum Gasteiger partial charge on any atom is 0.181 e. The fourth-order valence-corrected chi connectivity index (χ4v) is 1.62. The summed E-state index contributed by atoms with van der Waals surface area (Å²) in [6, 6.07) is 8.20. The quantitative estimate of drug-likeness (QED) is 0.814. The Balaban J connectivity index is 2.28. The van der Waals surface area contributed by atoms with Gasteiger partial charge in [0.15, 0.2) is 5.82 Å². The fraction of sp³-hybridized carbons (Fsp3) is 0.333. The van der Waals surface area contributed by atoms with E-state index in [9.17, 15) is 0 Å². The van der Waals surface area contributed by atoms with Crippen LogP contribution in [0.15, 0.2) is 24.3 Å². The predicted octanol–water partition coefficient (Wildman–Crippen LogP) is 1.54. The Kier molecular flexibility index (Phi) is 3.31. The van der Waals surface area contributed by atoms with Crippen molar-refractivity contribution >= 4 is 0 Å². The van der Waals surface area contributed by atoms with Crippen LogP contribution in [-0.4, -0.2) is 21.7 Å². The molecule has 0 aliphatic carbocycles. The summed E-state index contributed by atoms with van der Waals surface area (Å²) in [5, 5.41) is 7.11. The normalized spacial score (nSPS) is 10.6. The molecule has 0 bridgehead atoms. The van der Waals surface area contributed by atoms with Gasteiger partial charge in [-0.1, -0.05) is 25.1 Å². The van der Waals surface area contributed by atoms with E-state index in [0.29, 0.717) is 6.54 Å². The van der Waals surface area contributed by atoms with Crippen molar-refractivity contribution in [3.05, 3.63) is 35.7 Å². The number of nitrogens with two attached hydrogens (primary N) is 1. The zero-order chi connectivity index (χ0) is 11.4. The van der Waals surface area contributed by atoms with E-state index in [1.165, 1.54) is 5.56 Å². The van der Waals surface area contributed by atoms with Crippen LogP contribution in [0.25, 0.3) is 11.4 Å². The number of aromatic nitrogens is 3. The summed E-state index contributed by atoms with van der Waals surface area (Å²) >= 11 is 0. The molecule has 0 aliphatic rings. The Hall–Kier alpha value is -1.68. The van der Waals surface area contributed by atoms with Crippen LogP contribution in [0.1, 0.15) is 18.3 Å². The van der Waals surface area contributed by atoms with Crippen molar-refractivity contribution in [2.24, 2.45) is 5.73 Å². The lowest BCUT2D eigenvalue weighted by atomic mass is 10.1. The highest BCUT2D eigenvalue weighted by molar-refractivity contribution is 5.55. The van der Waals surface area contributed by atoms with Gasteiger partial charge in [0.2, 0.25) is 0 Å². The van der Waals surface area contributed by atoms with Crippen LogP contribution in [0.4, 0.5) is 0 Å². The van der Waals surface area contributed by atoms with E-state index in [-0.39, 0.29) is 0 Å². The van der Waals surface area contributed by atoms with E-state index in [0.717, 1.165) is 30.1 Å². The lowest BCUT2D eigenvalue weighted by Crippen LogP contribution is -2.02. The van der Waals surface area contributed by atoms with Gasteiger partial charge in [-0.05, 0) is 24.6 Å². The number of hydrogen-bond donors (Lipinski definition) is 2. The van der Waals surface area contributed by atoms with Gasteiger partial charge in [-0.2, -0.15) is 5.10 Å². The molecule has 0 amide bonds. The fourth-order valence-electron chi connectivity index (χ4n) is 1.62. The third-order valence-corrected chi connectivity index (χ3v) is 2.48. The molecule has 0 saturated heterocycles. The molecule has 3 N–H and O–H groups in total. The van der Waals surface area contributed by atoms with E-state index in [4.69, 9.17) is 5.73 Å². The van der Waals surface area contributed by atoms with Crippen LogP contribution < -0.4 is 5.73 Å². The molecule has 0 aliphatic heterocycles. The zero-order valence-corrected chi connectivity index (χ0v) is 9.40. The molecule has 0 unspecified atom stereocenters. The van der Waals surface area contributed by atoms with Crippen molar-refractivity contribution in [3.63, 3.8) is 0 Å². The van der Waals surface area contributed by atoms with Gasteiger partial charge in [-0.3, -0.25) is 5.10 Å². The van der Waals surface area contributed by atoms with Crippen LogP contribution in [-0.2, 0) is 12.8 Å². The minimum atomic E-state index is 0.664. The summed E-state index contributed by atoms with van der Waals surface area (Å²) in [6.45, 7) is 2.72. The molecule has 2 rings (SSSR count). The third-order valence-electron chi connectivity index (χ3n) is 2.48. The van der Waals surface area contributed by atoms with Gasteiger partial charge >= 0.3 is 0 Å². The van der Waals surface area contributed by atoms with Gasteiger partial charge < -0.3 is 5.73 Å². The molecule has 16 heavy (non-hydrogen) atoms. The average Bonchev–Trinajstić information content (AvgIpc) is 2.78. The molecule has 84 valence electrons. The molecule has 0 saturated carbocycles. The standard InChI is InChI=1S/C12H16N4/c1-2-11-14-12(16-15-11)10-5-3-4-9(8-10)6-7-13/h3-5,8H,2,6-7,13H2,1H3,(H,14,15,16). The lowest BCUT2D eigenvalue weighted by molar-refractivity contribution is 0.946. The van der Waals surface area contributed by atoms with Crippen molar-refractivity contribution < 1.29 is 0 Å². The summed E-state index contributed by atoms with van der Waals surface area (Å²) in [5.41, 5.74) is 7.81. The molecule has 4 nitrogen and oxygen atoms in total. The molecule has 0 spiro atoms. The summed E-state index contributed by atoms with van der Waals surface area (Å²) in [4.78, 5) is 4.40. The number of benzene rings is 1. The number of hydrogen-bond acceptors (Lipinski definition) is 3. The zero-order valence-electron chi connectivity index (χ0n) is 9.40. The molecule has 1 heterocycles. The maximum absolute atomic E-state index is 5.54. The topological polar surface area (TPSA) is 67.6 Å². The van der Waals surface area contributed by atoms with Gasteiger partial charge in [-0.25, -0.2) is 4.98 Å². The van der Waals surface area contributed by atoms with E-state index in [1.807, 2.05) is 12.1 Å². The molecule has 0 atom stereocenters. The highest BCUT2D eigenvalue weighted by Crippen LogP contribution is 2.16. The largest absolute Gasteiger partial charge is 0.330 e. The highest BCUT2D eigenvalue weighted by Gasteiger charge is 2.04. The Morgan fingerprint density at radius 3 is 2.94 bits per heavy atom. The number of aromatic amines is 1. The summed E-state index contributed by atoms with van der Waals surface area (Å²) in [5.74, 6) is 1.68. The average molecular weight is 216 g/mol. The molecule has 0 radical (unpaired) electrons. The van der Waals surface area contributed by atoms with Gasteiger partial charge in [0.25, 0.3) is 0 Å². The molecular formula is C12H16N4. The number of H-pyrrole nitrogens is 1. The summed E-state index contributed by atoms with van der Waals surface area (Å²) < 4.78 is 0. The lowest BCUT2D eigenvalue weighted by Gasteiger charge is -2.00. The second-order valence-electron chi connectivity index (χ2n) is 3.70. The first-order valence-corrected chi connectivity index (χ1v) is 5.54. The van der Waals surface area contributed by atoms with Crippen LogP contribution >= 0.6 is 0 Å². The minimum Gasteiger partial charge on any atom is -0.330 e. The predicted molar refractivity (Wildman–Crippen MR) is 64.0 cm³/mol. The van der Waals surface area contributed by atoms with Crippen LogP contribution in [0.3, 0.4) is 0 Å². The Morgan fingerprint density at radius 1 is 1.38 bits per heavy atom. The van der Waals surface area contributed by atoms with Crippen LogP contribution in [0.5, 0.6) is 0 Å². The number of rotatable bonds is 4. The van der Waals surface area contributed by atoms with E-state index in [2.05, 4.69) is 34.2 Å². The number of nitrogens with zero attached hydrogens (tertiary/aromatic N) is 2. The van der Waals surface area contributed by atoms with Crippen molar-refractivity contribution in [2.45, 2.75) is 19.8 Å². The first-order valence-electron chi connectivity index (χ1n) is 5.54. The summed E-state index contributed by atoms with van der Waals surface area (Å²) in [6.07, 6.45) is 1.76.